The van der Waals surface area contributed by atoms with Crippen LogP contribution < -0.4 is 15.0 Å². The van der Waals surface area contributed by atoms with Gasteiger partial charge in [-0.2, -0.15) is 5.26 Å². The van der Waals surface area contributed by atoms with E-state index in [1.807, 2.05) is 30.3 Å². The summed E-state index contributed by atoms with van der Waals surface area (Å²) in [7, 11) is 3.04. The van der Waals surface area contributed by atoms with Crippen molar-refractivity contribution in [1.82, 2.24) is 4.98 Å². The Bertz CT molecular complexity index is 725. The summed E-state index contributed by atoms with van der Waals surface area (Å²) in [5.41, 5.74) is 1.72. The first kappa shape index (κ1) is 13.7. The fourth-order valence-corrected chi connectivity index (χ4v) is 2.10. The average molecular weight is 270 g/mol. The molecule has 0 aliphatic rings. The lowest BCUT2D eigenvalue weighted by Crippen LogP contribution is -2.14. The molecule has 0 bridgehead atoms. The average Bonchev–Trinajstić information content (AvgIpc) is 2.46. The van der Waals surface area contributed by atoms with E-state index in [0.29, 0.717) is 17.0 Å². The third-order valence-corrected chi connectivity index (χ3v) is 3.05. The minimum atomic E-state index is -0.445. The van der Waals surface area contributed by atoms with Crippen molar-refractivity contribution in [3.8, 4) is 28.7 Å². The molecule has 0 atom stereocenters. The number of aromatic amines is 1. The van der Waals surface area contributed by atoms with Gasteiger partial charge in [-0.25, -0.2) is 0 Å². The fourth-order valence-electron chi connectivity index (χ4n) is 2.10. The number of nitrogens with zero attached hydrogens (tertiary/aromatic N) is 1. The summed E-state index contributed by atoms with van der Waals surface area (Å²) in [4.78, 5) is 14.4. The molecule has 0 aliphatic carbocycles. The van der Waals surface area contributed by atoms with Gasteiger partial charge in [0, 0.05) is 11.3 Å². The molecular weight excluding hydrogens is 256 g/mol. The second-order valence-electron chi connectivity index (χ2n) is 4.20. The molecule has 1 N–H and O–H groups in total. The Morgan fingerprint density at radius 2 is 1.80 bits per heavy atom. The monoisotopic (exact) mass is 270 g/mol. The van der Waals surface area contributed by atoms with Crippen molar-refractivity contribution in [2.24, 2.45) is 0 Å². The molecule has 1 aromatic carbocycles. The predicted octanol–water partition coefficient (Wildman–Crippen LogP) is 2.24. The van der Waals surface area contributed by atoms with Gasteiger partial charge in [0.25, 0.3) is 5.56 Å². The predicted molar refractivity (Wildman–Crippen MR) is 75.1 cm³/mol. The normalized spacial score (nSPS) is 9.90. The summed E-state index contributed by atoms with van der Waals surface area (Å²) < 4.78 is 10.4. The van der Waals surface area contributed by atoms with Crippen molar-refractivity contribution in [3.63, 3.8) is 0 Å². The number of ether oxygens (including phenoxy) is 2. The first-order chi connectivity index (χ1) is 9.62. The molecule has 1 heterocycles. The van der Waals surface area contributed by atoms with Crippen LogP contribution in [0.15, 0.2) is 29.1 Å². The molecule has 2 rings (SSSR count). The molecule has 20 heavy (non-hydrogen) atoms. The Labute approximate surface area is 116 Å². The van der Waals surface area contributed by atoms with Crippen LogP contribution in [-0.2, 0) is 0 Å². The van der Waals surface area contributed by atoms with E-state index in [1.54, 1.807) is 14.0 Å². The highest BCUT2D eigenvalue weighted by Gasteiger charge is 2.17. The molecule has 0 spiro atoms. The third-order valence-electron chi connectivity index (χ3n) is 3.05. The Kier molecular flexibility index (Phi) is 3.76. The molecule has 2 aromatic rings. The summed E-state index contributed by atoms with van der Waals surface area (Å²) in [6.07, 6.45) is 0. The number of benzene rings is 1. The van der Waals surface area contributed by atoms with Crippen LogP contribution in [0.5, 0.6) is 11.5 Å². The van der Waals surface area contributed by atoms with Gasteiger partial charge in [0.15, 0.2) is 11.3 Å². The number of pyridine rings is 1. The standard InChI is InChI=1S/C15H14N2O3/c1-9-13(10-4-6-11(19-2)7-5-10)14(20-3)12(8-16)15(18)17-9/h4-7H,1-3H3,(H,17,18). The largest absolute Gasteiger partial charge is 0.497 e. The molecule has 0 amide bonds. The van der Waals surface area contributed by atoms with Crippen LogP contribution in [-0.4, -0.2) is 19.2 Å². The number of H-pyrrole nitrogens is 1. The fraction of sp³-hybridized carbons (Fsp3) is 0.200. The van der Waals surface area contributed by atoms with Crippen LogP contribution in [0.3, 0.4) is 0 Å². The summed E-state index contributed by atoms with van der Waals surface area (Å²) in [6.45, 7) is 1.77. The van der Waals surface area contributed by atoms with Crippen molar-refractivity contribution >= 4 is 0 Å². The van der Waals surface area contributed by atoms with E-state index in [-0.39, 0.29) is 5.56 Å². The topological polar surface area (TPSA) is 75.1 Å². The molecule has 0 radical (unpaired) electrons. The summed E-state index contributed by atoms with van der Waals surface area (Å²) in [5.74, 6) is 1.02. The smallest absolute Gasteiger partial charge is 0.269 e. The molecule has 102 valence electrons. The molecule has 1 aromatic heterocycles. The number of aromatic nitrogens is 1. The molecular formula is C15H14N2O3. The van der Waals surface area contributed by atoms with E-state index < -0.39 is 5.56 Å². The number of nitrogens with one attached hydrogen (secondary N) is 1. The summed E-state index contributed by atoms with van der Waals surface area (Å²) in [6, 6.07) is 9.20. The number of nitriles is 1. The van der Waals surface area contributed by atoms with Gasteiger partial charge in [-0.15, -0.1) is 0 Å². The van der Waals surface area contributed by atoms with Crippen LogP contribution >= 0.6 is 0 Å². The van der Waals surface area contributed by atoms with Crippen LogP contribution in [0.2, 0.25) is 0 Å². The van der Waals surface area contributed by atoms with E-state index >= 15 is 0 Å². The highest BCUT2D eigenvalue weighted by Crippen LogP contribution is 2.34. The molecule has 0 saturated carbocycles. The Balaban J connectivity index is 2.72. The molecule has 0 saturated heterocycles. The van der Waals surface area contributed by atoms with Crippen molar-refractivity contribution in [3.05, 3.63) is 45.9 Å². The Hall–Kier alpha value is -2.74. The number of hydrogen-bond acceptors (Lipinski definition) is 4. The van der Waals surface area contributed by atoms with E-state index in [0.717, 1.165) is 11.3 Å². The number of aryl methyl sites for hydroxylation is 1. The lowest BCUT2D eigenvalue weighted by atomic mass is 10.0. The van der Waals surface area contributed by atoms with Crippen LogP contribution in [0.25, 0.3) is 11.1 Å². The summed E-state index contributed by atoms with van der Waals surface area (Å²) >= 11 is 0. The third kappa shape index (κ3) is 2.24. The Morgan fingerprint density at radius 1 is 1.15 bits per heavy atom. The van der Waals surface area contributed by atoms with E-state index in [2.05, 4.69) is 4.98 Å². The minimum Gasteiger partial charge on any atom is -0.497 e. The van der Waals surface area contributed by atoms with Crippen molar-refractivity contribution in [2.45, 2.75) is 6.92 Å². The first-order valence-electron chi connectivity index (χ1n) is 5.97. The van der Waals surface area contributed by atoms with Crippen molar-refractivity contribution in [1.29, 1.82) is 5.26 Å². The molecule has 0 aliphatic heterocycles. The van der Waals surface area contributed by atoms with Gasteiger partial charge in [0.1, 0.15) is 11.8 Å². The van der Waals surface area contributed by atoms with E-state index in [4.69, 9.17) is 14.7 Å². The minimum absolute atomic E-state index is 0.0241. The highest BCUT2D eigenvalue weighted by atomic mass is 16.5. The van der Waals surface area contributed by atoms with Gasteiger partial charge >= 0.3 is 0 Å². The molecule has 0 fully saturated rings. The van der Waals surface area contributed by atoms with Gasteiger partial charge in [-0.05, 0) is 24.6 Å². The zero-order valence-electron chi connectivity index (χ0n) is 11.5. The van der Waals surface area contributed by atoms with Crippen LogP contribution in [0, 0.1) is 18.3 Å². The maximum atomic E-state index is 11.8. The lowest BCUT2D eigenvalue weighted by Gasteiger charge is -2.13. The lowest BCUT2D eigenvalue weighted by molar-refractivity contribution is 0.413. The van der Waals surface area contributed by atoms with Gasteiger partial charge in [-0.3, -0.25) is 4.79 Å². The maximum absolute atomic E-state index is 11.8. The molecule has 5 nitrogen and oxygen atoms in total. The number of rotatable bonds is 3. The highest BCUT2D eigenvalue weighted by molar-refractivity contribution is 5.75. The quantitative estimate of drug-likeness (QED) is 0.928. The molecule has 0 unspecified atom stereocenters. The first-order valence-corrected chi connectivity index (χ1v) is 5.97. The maximum Gasteiger partial charge on any atom is 0.269 e. The van der Waals surface area contributed by atoms with E-state index in [9.17, 15) is 4.79 Å². The van der Waals surface area contributed by atoms with Crippen molar-refractivity contribution in [2.75, 3.05) is 14.2 Å². The van der Waals surface area contributed by atoms with Crippen LogP contribution in [0.4, 0.5) is 0 Å². The molecule has 5 heteroatoms. The van der Waals surface area contributed by atoms with Crippen molar-refractivity contribution < 1.29 is 9.47 Å². The zero-order valence-corrected chi connectivity index (χ0v) is 11.5. The van der Waals surface area contributed by atoms with Gasteiger partial charge in [0.2, 0.25) is 0 Å². The second-order valence-corrected chi connectivity index (χ2v) is 4.20. The van der Waals surface area contributed by atoms with Gasteiger partial charge in [0.05, 0.1) is 14.2 Å². The van der Waals surface area contributed by atoms with Gasteiger partial charge < -0.3 is 14.5 Å². The Morgan fingerprint density at radius 3 is 2.30 bits per heavy atom. The van der Waals surface area contributed by atoms with Gasteiger partial charge in [-0.1, -0.05) is 12.1 Å². The van der Waals surface area contributed by atoms with E-state index in [1.165, 1.54) is 7.11 Å². The zero-order chi connectivity index (χ0) is 14.7. The SMILES string of the molecule is COc1ccc(-c2c(C)[nH]c(=O)c(C#N)c2OC)cc1. The van der Waals surface area contributed by atoms with Crippen LogP contribution in [0.1, 0.15) is 11.3 Å². The summed E-state index contributed by atoms with van der Waals surface area (Å²) in [5, 5.41) is 9.10. The number of methoxy groups -OCH3 is 2. The number of hydrogen-bond donors (Lipinski definition) is 1. The second kappa shape index (κ2) is 5.49.